The number of phenolic OH excluding ortho intramolecular Hbond substituents is 1. The number of phenols is 1. The molecule has 0 spiro atoms. The van der Waals surface area contributed by atoms with Gasteiger partial charge in [-0.2, -0.15) is 0 Å². The van der Waals surface area contributed by atoms with Crippen LogP contribution in [0.25, 0.3) is 6.08 Å². The predicted octanol–water partition coefficient (Wildman–Crippen LogP) is 2.62. The maximum absolute atomic E-state index is 11.6. The van der Waals surface area contributed by atoms with Crippen LogP contribution in [0.3, 0.4) is 0 Å². The Hall–Kier alpha value is -1.79. The van der Waals surface area contributed by atoms with Gasteiger partial charge in [0.2, 0.25) is 0 Å². The molecule has 6 heteroatoms. The Morgan fingerprint density at radius 1 is 1.55 bits per heavy atom. The second-order valence-corrected chi connectivity index (χ2v) is 5.79. The zero-order valence-electron chi connectivity index (χ0n) is 10.8. The number of carbonyl (C=O) groups is 1. The van der Waals surface area contributed by atoms with E-state index in [9.17, 15) is 9.90 Å². The third-order valence-electron chi connectivity index (χ3n) is 2.70. The maximum Gasteiger partial charge on any atom is 0.263 e. The molecule has 1 aliphatic rings. The predicted molar refractivity (Wildman–Crippen MR) is 84.9 cm³/mol. The van der Waals surface area contributed by atoms with Crippen molar-refractivity contribution >= 4 is 40.3 Å². The van der Waals surface area contributed by atoms with Crippen LogP contribution in [0.4, 0.5) is 0 Å². The van der Waals surface area contributed by atoms with Gasteiger partial charge in [-0.3, -0.25) is 4.79 Å². The fraction of sp³-hybridized carbons (Fsp3) is 0.143. The lowest BCUT2D eigenvalue weighted by Crippen LogP contribution is -2.17. The van der Waals surface area contributed by atoms with Crippen molar-refractivity contribution < 1.29 is 14.6 Å². The normalized spacial score (nSPS) is 16.4. The van der Waals surface area contributed by atoms with Crippen LogP contribution < -0.4 is 10.1 Å². The molecule has 1 aromatic carbocycles. The molecule has 1 saturated heterocycles. The molecule has 0 saturated carbocycles. The lowest BCUT2D eigenvalue weighted by molar-refractivity contribution is -0.115. The number of allylic oxidation sites excluding steroid dienone is 1. The van der Waals surface area contributed by atoms with Gasteiger partial charge in [-0.05, 0) is 30.2 Å². The van der Waals surface area contributed by atoms with E-state index in [0.29, 0.717) is 27.0 Å². The van der Waals surface area contributed by atoms with Crippen molar-refractivity contribution in [3.05, 3.63) is 40.8 Å². The molecular formula is C14H13NO3S2. The number of ether oxygens (including phenoxy) is 1. The molecule has 104 valence electrons. The summed E-state index contributed by atoms with van der Waals surface area (Å²) in [5.74, 6) is 0.244. The summed E-state index contributed by atoms with van der Waals surface area (Å²) in [5, 5.41) is 12.6. The van der Waals surface area contributed by atoms with Gasteiger partial charge in [0.1, 0.15) is 4.32 Å². The number of hydrogen-bond acceptors (Lipinski definition) is 5. The number of thiocarbonyl (C=S) groups is 1. The topological polar surface area (TPSA) is 58.6 Å². The van der Waals surface area contributed by atoms with Gasteiger partial charge < -0.3 is 15.2 Å². The summed E-state index contributed by atoms with van der Waals surface area (Å²) in [7, 11) is 1.48. The molecule has 0 aromatic heterocycles. The lowest BCUT2D eigenvalue weighted by Gasteiger charge is -2.09. The largest absolute Gasteiger partial charge is 0.504 e. The Bertz CT molecular complexity index is 623. The number of methoxy groups -OCH3 is 1. The molecule has 0 radical (unpaired) electrons. The second-order valence-electron chi connectivity index (χ2n) is 4.08. The first kappa shape index (κ1) is 14.6. The highest BCUT2D eigenvalue weighted by Gasteiger charge is 2.22. The number of thioether (sulfide) groups is 1. The summed E-state index contributed by atoms with van der Waals surface area (Å²) in [6.07, 6.45) is 3.92. The minimum Gasteiger partial charge on any atom is -0.504 e. The van der Waals surface area contributed by atoms with Crippen LogP contribution in [0, 0.1) is 0 Å². The molecule has 4 nitrogen and oxygen atoms in total. The Kier molecular flexibility index (Phi) is 4.46. The van der Waals surface area contributed by atoms with Crippen molar-refractivity contribution in [2.45, 2.75) is 6.42 Å². The van der Waals surface area contributed by atoms with E-state index in [1.54, 1.807) is 24.3 Å². The van der Waals surface area contributed by atoms with E-state index in [4.69, 9.17) is 17.0 Å². The highest BCUT2D eigenvalue weighted by atomic mass is 32.2. The smallest absolute Gasteiger partial charge is 0.263 e. The lowest BCUT2D eigenvalue weighted by atomic mass is 10.1. The molecule has 1 amide bonds. The van der Waals surface area contributed by atoms with Crippen LogP contribution in [-0.4, -0.2) is 22.4 Å². The third-order valence-corrected chi connectivity index (χ3v) is 3.86. The van der Waals surface area contributed by atoms with Crippen molar-refractivity contribution in [2.24, 2.45) is 0 Å². The third kappa shape index (κ3) is 3.02. The van der Waals surface area contributed by atoms with E-state index in [-0.39, 0.29) is 11.7 Å². The maximum atomic E-state index is 11.6. The Balaban J connectivity index is 2.44. The first-order chi connectivity index (χ1) is 9.55. The van der Waals surface area contributed by atoms with Crippen LogP contribution >= 0.6 is 24.0 Å². The molecule has 2 N–H and O–H groups in total. The van der Waals surface area contributed by atoms with Crippen LogP contribution in [0.15, 0.2) is 29.7 Å². The van der Waals surface area contributed by atoms with Crippen LogP contribution in [-0.2, 0) is 11.2 Å². The zero-order valence-corrected chi connectivity index (χ0v) is 12.4. The number of amides is 1. The molecule has 0 aliphatic carbocycles. The van der Waals surface area contributed by atoms with Gasteiger partial charge in [-0.15, -0.1) is 6.58 Å². The van der Waals surface area contributed by atoms with E-state index >= 15 is 0 Å². The van der Waals surface area contributed by atoms with E-state index in [1.165, 1.54) is 18.9 Å². The molecule has 0 atom stereocenters. The number of aromatic hydroxyl groups is 1. The minimum atomic E-state index is -0.211. The quantitative estimate of drug-likeness (QED) is 0.509. The molecule has 0 unspecified atom stereocenters. The highest BCUT2D eigenvalue weighted by molar-refractivity contribution is 8.26. The number of hydrogen-bond donors (Lipinski definition) is 2. The van der Waals surface area contributed by atoms with Crippen molar-refractivity contribution in [1.82, 2.24) is 5.32 Å². The molecule has 2 rings (SSSR count). The van der Waals surface area contributed by atoms with E-state index in [1.807, 2.05) is 0 Å². The molecular weight excluding hydrogens is 294 g/mol. The number of carbonyl (C=O) groups excluding carboxylic acids is 1. The SMILES string of the molecule is C=CCc1cc(/C=C2\SC(=S)NC2=O)cc(OC)c1O. The van der Waals surface area contributed by atoms with Crippen LogP contribution in [0.5, 0.6) is 11.5 Å². The first-order valence-corrected chi connectivity index (χ1v) is 7.03. The molecule has 1 fully saturated rings. The van der Waals surface area contributed by atoms with E-state index < -0.39 is 0 Å². The molecule has 0 bridgehead atoms. The summed E-state index contributed by atoms with van der Waals surface area (Å²) in [6, 6.07) is 3.46. The van der Waals surface area contributed by atoms with Gasteiger partial charge in [0.15, 0.2) is 11.5 Å². The second kappa shape index (κ2) is 6.11. The van der Waals surface area contributed by atoms with Crippen LogP contribution in [0.1, 0.15) is 11.1 Å². The van der Waals surface area contributed by atoms with E-state index in [2.05, 4.69) is 11.9 Å². The van der Waals surface area contributed by atoms with Gasteiger partial charge >= 0.3 is 0 Å². The zero-order chi connectivity index (χ0) is 14.7. The number of rotatable bonds is 4. The summed E-state index contributed by atoms with van der Waals surface area (Å²) in [6.45, 7) is 3.65. The molecule has 20 heavy (non-hydrogen) atoms. The van der Waals surface area contributed by atoms with Crippen molar-refractivity contribution in [1.29, 1.82) is 0 Å². The van der Waals surface area contributed by atoms with Gasteiger partial charge in [-0.1, -0.05) is 30.1 Å². The Labute approximate surface area is 126 Å². The summed E-state index contributed by atoms with van der Waals surface area (Å²) >= 11 is 6.15. The van der Waals surface area contributed by atoms with Crippen molar-refractivity contribution in [3.63, 3.8) is 0 Å². The average molecular weight is 307 g/mol. The fourth-order valence-electron chi connectivity index (χ4n) is 1.81. The monoisotopic (exact) mass is 307 g/mol. The van der Waals surface area contributed by atoms with Gasteiger partial charge in [-0.25, -0.2) is 0 Å². The average Bonchev–Trinajstić information content (AvgIpc) is 2.71. The van der Waals surface area contributed by atoms with Gasteiger partial charge in [0.25, 0.3) is 5.91 Å². The molecule has 1 heterocycles. The Morgan fingerprint density at radius 2 is 2.30 bits per heavy atom. The number of nitrogens with one attached hydrogen (secondary N) is 1. The number of benzene rings is 1. The van der Waals surface area contributed by atoms with Gasteiger partial charge in [0, 0.05) is 5.56 Å². The molecule has 1 aromatic rings. The highest BCUT2D eigenvalue weighted by Crippen LogP contribution is 2.34. The van der Waals surface area contributed by atoms with Crippen LogP contribution in [0.2, 0.25) is 0 Å². The van der Waals surface area contributed by atoms with Crippen molar-refractivity contribution in [2.75, 3.05) is 7.11 Å². The molecule has 1 aliphatic heterocycles. The summed E-state index contributed by atoms with van der Waals surface area (Å²) in [5.41, 5.74) is 1.45. The minimum absolute atomic E-state index is 0.0913. The van der Waals surface area contributed by atoms with E-state index in [0.717, 1.165) is 5.56 Å². The fourth-order valence-corrected chi connectivity index (χ4v) is 2.86. The van der Waals surface area contributed by atoms with Crippen molar-refractivity contribution in [3.8, 4) is 11.5 Å². The Morgan fingerprint density at radius 3 is 2.85 bits per heavy atom. The summed E-state index contributed by atoms with van der Waals surface area (Å²) in [4.78, 5) is 12.2. The first-order valence-electron chi connectivity index (χ1n) is 5.80. The van der Waals surface area contributed by atoms with Gasteiger partial charge in [0.05, 0.1) is 12.0 Å². The standard InChI is InChI=1S/C14H13NO3S2/c1-3-4-9-5-8(6-10(18-2)12(9)16)7-11-13(17)15-14(19)20-11/h3,5-7,16H,1,4H2,2H3,(H,15,17,19)/b11-7-. The summed E-state index contributed by atoms with van der Waals surface area (Å²) < 4.78 is 5.58.